The Morgan fingerprint density at radius 2 is 1.69 bits per heavy atom. The molecule has 1 aromatic heterocycles. The van der Waals surface area contributed by atoms with Gasteiger partial charge in [-0.2, -0.15) is 0 Å². The summed E-state index contributed by atoms with van der Waals surface area (Å²) in [6.07, 6.45) is 0. The van der Waals surface area contributed by atoms with E-state index in [1.165, 1.54) is 0 Å². The van der Waals surface area contributed by atoms with Crippen molar-refractivity contribution in [3.8, 4) is 0 Å². The zero-order valence-corrected chi connectivity index (χ0v) is 17.5. The summed E-state index contributed by atoms with van der Waals surface area (Å²) < 4.78 is 7.76. The van der Waals surface area contributed by atoms with Crippen molar-refractivity contribution in [1.82, 2.24) is 9.47 Å². The third-order valence-electron chi connectivity index (χ3n) is 5.85. The van der Waals surface area contributed by atoms with Gasteiger partial charge in [0.1, 0.15) is 0 Å². The van der Waals surface area contributed by atoms with Crippen LogP contribution in [-0.2, 0) is 11.3 Å². The van der Waals surface area contributed by atoms with Crippen molar-refractivity contribution < 1.29 is 9.53 Å². The van der Waals surface area contributed by atoms with Crippen molar-refractivity contribution in [3.63, 3.8) is 0 Å². The van der Waals surface area contributed by atoms with Crippen LogP contribution in [0.25, 0.3) is 10.9 Å². The van der Waals surface area contributed by atoms with E-state index in [9.17, 15) is 4.79 Å². The Labute approximate surface area is 172 Å². The van der Waals surface area contributed by atoms with E-state index in [2.05, 4.69) is 28.5 Å². The van der Waals surface area contributed by atoms with Crippen LogP contribution in [0.2, 0.25) is 0 Å². The highest BCUT2D eigenvalue weighted by molar-refractivity contribution is 6.17. The number of carbonyl (C=O) groups is 1. The highest BCUT2D eigenvalue weighted by Crippen LogP contribution is 2.28. The minimum atomic E-state index is 0.0918. The molecule has 0 atom stereocenters. The first kappa shape index (κ1) is 19.7. The molecule has 4 rings (SSSR count). The molecule has 0 saturated carbocycles. The van der Waals surface area contributed by atoms with Gasteiger partial charge in [0.15, 0.2) is 5.78 Å². The lowest BCUT2D eigenvalue weighted by molar-refractivity contribution is 0.0365. The molecule has 29 heavy (non-hydrogen) atoms. The lowest BCUT2D eigenvalue weighted by Crippen LogP contribution is -2.38. The molecule has 0 N–H and O–H groups in total. The van der Waals surface area contributed by atoms with Crippen molar-refractivity contribution in [2.45, 2.75) is 13.5 Å². The van der Waals surface area contributed by atoms with Gasteiger partial charge >= 0.3 is 0 Å². The van der Waals surface area contributed by atoms with Crippen molar-refractivity contribution in [2.75, 3.05) is 51.8 Å². The predicted octanol–water partition coefficient (Wildman–Crippen LogP) is 3.58. The first-order valence-electron chi connectivity index (χ1n) is 10.3. The number of carbonyl (C=O) groups excluding carboxylic acids is 1. The van der Waals surface area contributed by atoms with E-state index in [-0.39, 0.29) is 5.78 Å². The third kappa shape index (κ3) is 3.93. The molecule has 5 nitrogen and oxygen atoms in total. The summed E-state index contributed by atoms with van der Waals surface area (Å²) in [4.78, 5) is 17.9. The maximum absolute atomic E-state index is 13.4. The van der Waals surface area contributed by atoms with Crippen molar-refractivity contribution >= 4 is 22.4 Å². The van der Waals surface area contributed by atoms with E-state index in [1.807, 2.05) is 55.4 Å². The minimum absolute atomic E-state index is 0.0918. The minimum Gasteiger partial charge on any atom is -0.379 e. The van der Waals surface area contributed by atoms with Crippen LogP contribution in [-0.4, -0.2) is 62.2 Å². The molecule has 0 amide bonds. The van der Waals surface area contributed by atoms with Crippen LogP contribution in [0.15, 0.2) is 48.5 Å². The van der Waals surface area contributed by atoms with Crippen molar-refractivity contribution in [1.29, 1.82) is 0 Å². The highest BCUT2D eigenvalue weighted by Gasteiger charge is 2.21. The number of nitrogens with zero attached hydrogens (tertiary/aromatic N) is 3. The van der Waals surface area contributed by atoms with E-state index in [1.54, 1.807) is 0 Å². The number of benzene rings is 2. The normalized spacial score (nSPS) is 15.0. The topological polar surface area (TPSA) is 37.7 Å². The molecule has 1 fully saturated rings. The first-order chi connectivity index (χ1) is 14.1. The first-order valence-corrected chi connectivity index (χ1v) is 10.3. The molecule has 2 heterocycles. The van der Waals surface area contributed by atoms with Crippen LogP contribution in [0.5, 0.6) is 0 Å². The smallest absolute Gasteiger partial charge is 0.195 e. The van der Waals surface area contributed by atoms with Crippen LogP contribution in [0, 0.1) is 6.92 Å². The van der Waals surface area contributed by atoms with E-state index in [0.29, 0.717) is 0 Å². The lowest BCUT2D eigenvalue weighted by atomic mass is 10.00. The van der Waals surface area contributed by atoms with Crippen LogP contribution in [0.1, 0.15) is 21.6 Å². The summed E-state index contributed by atoms with van der Waals surface area (Å²) in [5, 5.41) is 1.04. The second kappa shape index (κ2) is 8.39. The zero-order chi connectivity index (χ0) is 20.4. The molecule has 2 aromatic carbocycles. The second-order valence-electron chi connectivity index (χ2n) is 7.85. The molecule has 0 aliphatic carbocycles. The highest BCUT2D eigenvalue weighted by atomic mass is 16.5. The van der Waals surface area contributed by atoms with Crippen molar-refractivity contribution in [3.05, 3.63) is 65.4 Å². The van der Waals surface area contributed by atoms with Gasteiger partial charge in [-0.3, -0.25) is 9.69 Å². The molecular formula is C24H29N3O2. The quantitative estimate of drug-likeness (QED) is 0.602. The average molecular weight is 392 g/mol. The molecule has 5 heteroatoms. The standard InChI is InChI=1S/C24H29N3O2/c1-18-23(24(28)19-8-10-20(11-9-19)25(2)3)21-6-4-5-7-22(21)27(18)13-12-26-14-16-29-17-15-26/h4-11H,12-17H2,1-3H3. The molecule has 0 spiro atoms. The average Bonchev–Trinajstić information content (AvgIpc) is 3.03. The number of hydrogen-bond acceptors (Lipinski definition) is 4. The molecule has 0 radical (unpaired) electrons. The summed E-state index contributed by atoms with van der Waals surface area (Å²) in [5.74, 6) is 0.0918. The molecule has 1 saturated heterocycles. The Kier molecular flexibility index (Phi) is 5.69. The van der Waals surface area contributed by atoms with E-state index >= 15 is 0 Å². The fourth-order valence-electron chi connectivity index (χ4n) is 4.13. The number of ether oxygens (including phenoxy) is 1. The van der Waals surface area contributed by atoms with Gasteiger partial charge in [-0.1, -0.05) is 18.2 Å². The molecule has 0 bridgehead atoms. The molecule has 1 aliphatic rings. The number of para-hydroxylation sites is 1. The zero-order valence-electron chi connectivity index (χ0n) is 17.5. The van der Waals surface area contributed by atoms with Gasteiger partial charge in [-0.15, -0.1) is 0 Å². The number of morpholine rings is 1. The second-order valence-corrected chi connectivity index (χ2v) is 7.85. The number of aromatic nitrogens is 1. The van der Waals surface area contributed by atoms with Gasteiger partial charge in [0, 0.05) is 68.1 Å². The van der Waals surface area contributed by atoms with Crippen LogP contribution >= 0.6 is 0 Å². The van der Waals surface area contributed by atoms with E-state index < -0.39 is 0 Å². The van der Waals surface area contributed by atoms with Crippen LogP contribution in [0.3, 0.4) is 0 Å². The Bertz CT molecular complexity index is 999. The predicted molar refractivity (Wildman–Crippen MR) is 118 cm³/mol. The molecule has 1 aliphatic heterocycles. The SMILES string of the molecule is Cc1c(C(=O)c2ccc(N(C)C)cc2)c2ccccc2n1CCN1CCOCC1. The van der Waals surface area contributed by atoms with Crippen LogP contribution in [0.4, 0.5) is 5.69 Å². The lowest BCUT2D eigenvalue weighted by Gasteiger charge is -2.27. The Hall–Kier alpha value is -2.63. The Balaban J connectivity index is 1.67. The van der Waals surface area contributed by atoms with Gasteiger partial charge in [-0.25, -0.2) is 0 Å². The molecule has 3 aromatic rings. The summed E-state index contributed by atoms with van der Waals surface area (Å²) in [5.41, 5.74) is 4.81. The van der Waals surface area contributed by atoms with Gasteiger partial charge in [0.05, 0.1) is 18.8 Å². The summed E-state index contributed by atoms with van der Waals surface area (Å²) >= 11 is 0. The monoisotopic (exact) mass is 391 g/mol. The van der Waals surface area contributed by atoms with Crippen molar-refractivity contribution in [2.24, 2.45) is 0 Å². The summed E-state index contributed by atoms with van der Waals surface area (Å²) in [6, 6.07) is 16.1. The van der Waals surface area contributed by atoms with E-state index in [0.717, 1.165) is 72.8 Å². The number of fused-ring (bicyclic) bond motifs is 1. The summed E-state index contributed by atoms with van der Waals surface area (Å²) in [7, 11) is 4.01. The maximum Gasteiger partial charge on any atom is 0.195 e. The molecule has 152 valence electrons. The Morgan fingerprint density at radius 1 is 1.00 bits per heavy atom. The number of anilines is 1. The van der Waals surface area contributed by atoms with Gasteiger partial charge in [-0.05, 0) is 37.3 Å². The number of rotatable bonds is 6. The third-order valence-corrected chi connectivity index (χ3v) is 5.85. The fourth-order valence-corrected chi connectivity index (χ4v) is 4.13. The number of hydrogen-bond donors (Lipinski definition) is 0. The molecular weight excluding hydrogens is 362 g/mol. The van der Waals surface area contributed by atoms with E-state index in [4.69, 9.17) is 4.74 Å². The van der Waals surface area contributed by atoms with Gasteiger partial charge < -0.3 is 14.2 Å². The Morgan fingerprint density at radius 3 is 2.38 bits per heavy atom. The molecule has 0 unspecified atom stereocenters. The largest absolute Gasteiger partial charge is 0.379 e. The maximum atomic E-state index is 13.4. The van der Waals surface area contributed by atoms with Gasteiger partial charge in [0.2, 0.25) is 0 Å². The number of ketones is 1. The summed E-state index contributed by atoms with van der Waals surface area (Å²) in [6.45, 7) is 7.47. The fraction of sp³-hybridized carbons (Fsp3) is 0.375. The van der Waals surface area contributed by atoms with Crippen LogP contribution < -0.4 is 4.90 Å². The van der Waals surface area contributed by atoms with Gasteiger partial charge in [0.25, 0.3) is 0 Å².